The Labute approximate surface area is 274 Å². The predicted octanol–water partition coefficient (Wildman–Crippen LogP) is 8.14. The summed E-state index contributed by atoms with van der Waals surface area (Å²) in [6, 6.07) is 13.5. The lowest BCUT2D eigenvalue weighted by Crippen LogP contribution is -2.45. The van der Waals surface area contributed by atoms with Gasteiger partial charge in [-0.3, -0.25) is 9.83 Å². The first-order valence-corrected chi connectivity index (χ1v) is 17.8. The normalized spacial score (nSPS) is 12.9. The van der Waals surface area contributed by atoms with Crippen LogP contribution < -0.4 is 15.6 Å². The zero-order valence-corrected chi connectivity index (χ0v) is 28.7. The quantitative estimate of drug-likeness (QED) is 0.0364. The lowest BCUT2D eigenvalue weighted by molar-refractivity contribution is -0.922. The van der Waals surface area contributed by atoms with E-state index in [0.29, 0.717) is 22.3 Å². The van der Waals surface area contributed by atoms with Crippen molar-refractivity contribution in [2.24, 2.45) is 0 Å². The molecule has 1 aromatic heterocycles. The van der Waals surface area contributed by atoms with Crippen LogP contribution in [0, 0.1) is 0 Å². The Kier molecular flexibility index (Phi) is 16.3. The van der Waals surface area contributed by atoms with Crippen LogP contribution in [0.4, 0.5) is 5.69 Å². The highest BCUT2D eigenvalue weighted by atomic mass is 32.2. The predicted molar refractivity (Wildman–Crippen MR) is 184 cm³/mol. The molecule has 0 aliphatic heterocycles. The van der Waals surface area contributed by atoms with E-state index in [0.717, 1.165) is 73.3 Å². The minimum Gasteiger partial charge on any atom is -0.691 e. The molecule has 2 aromatic carbocycles. The number of quaternary nitrogens is 1. The van der Waals surface area contributed by atoms with Gasteiger partial charge in [0, 0.05) is 54.1 Å². The van der Waals surface area contributed by atoms with Gasteiger partial charge < -0.3 is 24.2 Å². The van der Waals surface area contributed by atoms with Crippen LogP contribution in [-0.2, 0) is 15.9 Å². The smallest absolute Gasteiger partial charge is 0.235 e. The summed E-state index contributed by atoms with van der Waals surface area (Å²) in [5.74, 6) is 0.479. The number of unbranched alkanes of at least 4 members (excludes halogenated alkanes) is 9. The van der Waals surface area contributed by atoms with E-state index in [1.165, 1.54) is 57.8 Å². The van der Waals surface area contributed by atoms with Crippen LogP contribution in [0.15, 0.2) is 51.7 Å². The van der Waals surface area contributed by atoms with Gasteiger partial charge in [0.05, 0.1) is 25.5 Å². The summed E-state index contributed by atoms with van der Waals surface area (Å²) >= 11 is 1.03. The molecule has 8 nitrogen and oxygen atoms in total. The number of benzene rings is 2. The molecule has 0 saturated heterocycles. The van der Waals surface area contributed by atoms with Gasteiger partial charge in [0.1, 0.15) is 12.1 Å². The number of aromatic hydroxyl groups is 1. The van der Waals surface area contributed by atoms with Crippen LogP contribution in [0.5, 0.6) is 5.75 Å². The van der Waals surface area contributed by atoms with E-state index in [1.807, 2.05) is 42.5 Å². The average Bonchev–Trinajstić information content (AvgIpc) is 3.05. The molecule has 0 saturated carbocycles. The molecule has 9 heteroatoms. The van der Waals surface area contributed by atoms with E-state index in [2.05, 4.69) is 42.1 Å². The van der Waals surface area contributed by atoms with Gasteiger partial charge in [0.25, 0.3) is 0 Å². The SMILES string of the molecule is CCCCCCCCCCCC[N+](C)(CCCSOO[O-])Cc1ccc2oc(-c3ccc(N(CC)CC)cc3)c(O)c(=O)c2c1. The zero-order chi connectivity index (χ0) is 32.5. The largest absolute Gasteiger partial charge is 0.691 e. The summed E-state index contributed by atoms with van der Waals surface area (Å²) in [5, 5.41) is 25.0. The van der Waals surface area contributed by atoms with E-state index in [9.17, 15) is 15.2 Å². The number of fused-ring (bicyclic) bond motifs is 1. The van der Waals surface area contributed by atoms with E-state index >= 15 is 0 Å². The molecule has 250 valence electrons. The summed E-state index contributed by atoms with van der Waals surface area (Å²) in [5.41, 5.74) is 2.80. The third kappa shape index (κ3) is 11.6. The highest BCUT2D eigenvalue weighted by Crippen LogP contribution is 2.32. The Hall–Kier alpha value is -2.56. The highest BCUT2D eigenvalue weighted by Gasteiger charge is 2.23. The van der Waals surface area contributed by atoms with Gasteiger partial charge in [-0.25, -0.2) is 0 Å². The Balaban J connectivity index is 1.70. The van der Waals surface area contributed by atoms with Crippen molar-refractivity contribution in [1.82, 2.24) is 0 Å². The standard InChI is InChI=1S/C36H54N2O6S/c1-5-8-9-10-11-12-13-14-15-16-24-38(4,25-17-26-45-44-43-41)28-29-18-23-33-32(27-29)34(39)35(40)36(42-33)30-19-21-31(22-20-30)37(6-2)7-3/h18-23,27H,5-17,24-26,28H2,1-4H3,(H-,40,41). The molecule has 0 aliphatic carbocycles. The van der Waals surface area contributed by atoms with Crippen molar-refractivity contribution < 1.29 is 28.6 Å². The molecule has 1 heterocycles. The van der Waals surface area contributed by atoms with Crippen LogP contribution in [0.25, 0.3) is 22.3 Å². The minimum atomic E-state index is -0.420. The van der Waals surface area contributed by atoms with Gasteiger partial charge in [0.15, 0.2) is 5.76 Å². The third-order valence-corrected chi connectivity index (χ3v) is 9.41. The second-order valence-electron chi connectivity index (χ2n) is 12.4. The van der Waals surface area contributed by atoms with Crippen LogP contribution in [0.2, 0.25) is 0 Å². The molecule has 0 radical (unpaired) electrons. The summed E-state index contributed by atoms with van der Waals surface area (Å²) in [7, 11) is 2.25. The van der Waals surface area contributed by atoms with Crippen LogP contribution in [0.3, 0.4) is 0 Å². The topological polar surface area (TPSA) is 95.2 Å². The van der Waals surface area contributed by atoms with Gasteiger partial charge >= 0.3 is 0 Å². The monoisotopic (exact) mass is 642 g/mol. The van der Waals surface area contributed by atoms with Crippen molar-refractivity contribution in [1.29, 1.82) is 0 Å². The maximum atomic E-state index is 13.4. The number of anilines is 1. The molecular weight excluding hydrogens is 588 g/mol. The first kappa shape index (κ1) is 36.9. The highest BCUT2D eigenvalue weighted by molar-refractivity contribution is 7.94. The zero-order valence-electron chi connectivity index (χ0n) is 27.9. The van der Waals surface area contributed by atoms with Gasteiger partial charge in [-0.15, -0.1) is 0 Å². The Morgan fingerprint density at radius 1 is 0.867 bits per heavy atom. The fourth-order valence-corrected chi connectivity index (χ4v) is 6.54. The first-order valence-electron chi connectivity index (χ1n) is 16.9. The Morgan fingerprint density at radius 2 is 1.49 bits per heavy atom. The molecule has 0 aliphatic rings. The molecular formula is C36H54N2O6S. The van der Waals surface area contributed by atoms with E-state index < -0.39 is 5.43 Å². The molecule has 3 aromatic rings. The number of hydrogen-bond acceptors (Lipinski definition) is 8. The molecule has 1 unspecified atom stereocenters. The Morgan fingerprint density at radius 3 is 2.11 bits per heavy atom. The number of nitrogens with zero attached hydrogens (tertiary/aromatic N) is 2. The van der Waals surface area contributed by atoms with Crippen LogP contribution in [-0.4, -0.2) is 48.6 Å². The van der Waals surface area contributed by atoms with Gasteiger partial charge in [0.2, 0.25) is 11.2 Å². The molecule has 0 bridgehead atoms. The molecule has 1 atom stereocenters. The molecule has 1 N–H and O–H groups in total. The second kappa shape index (κ2) is 19.8. The summed E-state index contributed by atoms with van der Waals surface area (Å²) in [6.45, 7) is 10.9. The van der Waals surface area contributed by atoms with Crippen molar-refractivity contribution in [3.63, 3.8) is 0 Å². The minimum absolute atomic E-state index is 0.190. The molecule has 45 heavy (non-hydrogen) atoms. The van der Waals surface area contributed by atoms with Gasteiger partial charge in [-0.2, -0.15) is 4.33 Å². The summed E-state index contributed by atoms with van der Waals surface area (Å²) in [4.78, 5) is 15.6. The lowest BCUT2D eigenvalue weighted by Gasteiger charge is -2.35. The van der Waals surface area contributed by atoms with E-state index in [1.54, 1.807) is 0 Å². The maximum Gasteiger partial charge on any atom is 0.235 e. The van der Waals surface area contributed by atoms with E-state index in [-0.39, 0.29) is 11.5 Å². The molecule has 0 spiro atoms. The van der Waals surface area contributed by atoms with E-state index in [4.69, 9.17) is 4.42 Å². The average molecular weight is 643 g/mol. The fourth-order valence-electron chi connectivity index (χ4n) is 6.19. The maximum absolute atomic E-state index is 13.4. The van der Waals surface area contributed by atoms with Crippen molar-refractivity contribution in [3.8, 4) is 17.1 Å². The van der Waals surface area contributed by atoms with Gasteiger partial charge in [-0.05, 0) is 69.2 Å². The first-order chi connectivity index (χ1) is 21.9. The Bertz CT molecular complexity index is 1330. The van der Waals surface area contributed by atoms with Crippen LogP contribution in [0.1, 0.15) is 97.0 Å². The third-order valence-electron chi connectivity index (χ3n) is 8.81. The summed E-state index contributed by atoms with van der Waals surface area (Å²) in [6.07, 6.45) is 13.8. The fraction of sp³-hybridized carbons (Fsp3) is 0.583. The molecule has 0 amide bonds. The number of rotatable bonds is 23. The van der Waals surface area contributed by atoms with Crippen molar-refractivity contribution >= 4 is 28.7 Å². The van der Waals surface area contributed by atoms with Crippen LogP contribution >= 0.6 is 12.0 Å². The van der Waals surface area contributed by atoms with Gasteiger partial charge in [-0.1, -0.05) is 58.3 Å². The van der Waals surface area contributed by atoms with Crippen molar-refractivity contribution in [2.45, 2.75) is 97.9 Å². The summed E-state index contributed by atoms with van der Waals surface area (Å²) < 4.78 is 11.4. The molecule has 0 fully saturated rings. The van der Waals surface area contributed by atoms with Crippen molar-refractivity contribution in [2.75, 3.05) is 43.9 Å². The number of hydrogen-bond donors (Lipinski definition) is 1. The lowest BCUT2D eigenvalue weighted by atomic mass is 10.1. The van der Waals surface area contributed by atoms with Crippen molar-refractivity contribution in [3.05, 3.63) is 58.3 Å². The molecule has 3 rings (SSSR count). The second-order valence-corrected chi connectivity index (χ2v) is 13.2.